The Morgan fingerprint density at radius 3 is 2.88 bits per heavy atom. The number of nitrogens with one attached hydrogen (secondary N) is 1. The molecule has 1 atom stereocenters. The van der Waals surface area contributed by atoms with Gasteiger partial charge in [-0.2, -0.15) is 5.10 Å². The number of rotatable bonds is 3. The Hall–Kier alpha value is -0.880. The molecule has 0 spiro atoms. The highest BCUT2D eigenvalue weighted by molar-refractivity contribution is 14.1. The maximum Gasteiger partial charge on any atom is 0.0649 e. The number of halogens is 1. The van der Waals surface area contributed by atoms with Crippen molar-refractivity contribution in [3.8, 4) is 5.69 Å². The molecule has 0 fully saturated rings. The highest BCUT2D eigenvalue weighted by atomic mass is 127. The van der Waals surface area contributed by atoms with Crippen LogP contribution in [0.1, 0.15) is 18.5 Å². The molecule has 4 heteroatoms. The monoisotopic (exact) mass is 327 g/mol. The van der Waals surface area contributed by atoms with Crippen molar-refractivity contribution in [2.45, 2.75) is 13.0 Å². The van der Waals surface area contributed by atoms with Crippen LogP contribution in [-0.4, -0.2) is 16.8 Å². The third-order valence-electron chi connectivity index (χ3n) is 2.62. The van der Waals surface area contributed by atoms with Crippen LogP contribution in [-0.2, 0) is 0 Å². The molecule has 16 heavy (non-hydrogen) atoms. The van der Waals surface area contributed by atoms with Crippen molar-refractivity contribution < 1.29 is 0 Å². The van der Waals surface area contributed by atoms with Gasteiger partial charge < -0.3 is 5.32 Å². The predicted octanol–water partition coefficient (Wildman–Crippen LogP) is 2.76. The van der Waals surface area contributed by atoms with E-state index in [1.807, 2.05) is 24.1 Å². The standard InChI is InChI=1S/C12H14IN3/c1-9(14-2)10-4-3-5-12(6-10)16-8-11(13)7-15-16/h3-9,14H,1-2H3. The molecule has 1 heterocycles. The third kappa shape index (κ3) is 2.44. The highest BCUT2D eigenvalue weighted by Crippen LogP contribution is 2.16. The Morgan fingerprint density at radius 2 is 2.25 bits per heavy atom. The van der Waals surface area contributed by atoms with Gasteiger partial charge in [-0.05, 0) is 54.3 Å². The fourth-order valence-corrected chi connectivity index (χ4v) is 1.93. The Morgan fingerprint density at radius 1 is 1.44 bits per heavy atom. The zero-order chi connectivity index (χ0) is 11.5. The lowest BCUT2D eigenvalue weighted by molar-refractivity contribution is 0.651. The van der Waals surface area contributed by atoms with E-state index in [9.17, 15) is 0 Å². The second-order valence-corrected chi connectivity index (χ2v) is 4.95. The van der Waals surface area contributed by atoms with Crippen LogP contribution in [0.3, 0.4) is 0 Å². The molecule has 1 aromatic heterocycles. The molecule has 2 aromatic rings. The molecule has 0 aliphatic rings. The van der Waals surface area contributed by atoms with Gasteiger partial charge in [0.05, 0.1) is 15.5 Å². The summed E-state index contributed by atoms with van der Waals surface area (Å²) >= 11 is 2.26. The van der Waals surface area contributed by atoms with Crippen molar-refractivity contribution in [1.29, 1.82) is 0 Å². The van der Waals surface area contributed by atoms with Gasteiger partial charge in [-0.1, -0.05) is 12.1 Å². The maximum atomic E-state index is 4.30. The van der Waals surface area contributed by atoms with Crippen LogP contribution in [0.15, 0.2) is 36.7 Å². The predicted molar refractivity (Wildman–Crippen MR) is 73.8 cm³/mol. The van der Waals surface area contributed by atoms with E-state index in [0.29, 0.717) is 6.04 Å². The summed E-state index contributed by atoms with van der Waals surface area (Å²) < 4.78 is 3.04. The first-order valence-electron chi connectivity index (χ1n) is 5.18. The molecule has 0 aliphatic heterocycles. The number of hydrogen-bond acceptors (Lipinski definition) is 2. The highest BCUT2D eigenvalue weighted by Gasteiger charge is 2.04. The van der Waals surface area contributed by atoms with E-state index in [0.717, 1.165) is 9.26 Å². The SMILES string of the molecule is CNC(C)c1cccc(-n2cc(I)cn2)c1. The molecular weight excluding hydrogens is 313 g/mol. The molecule has 84 valence electrons. The molecular formula is C12H14IN3. The average molecular weight is 327 g/mol. The molecule has 0 saturated heterocycles. The van der Waals surface area contributed by atoms with Crippen molar-refractivity contribution in [2.24, 2.45) is 0 Å². The number of hydrogen-bond donors (Lipinski definition) is 1. The first kappa shape index (κ1) is 11.6. The van der Waals surface area contributed by atoms with Crippen LogP contribution in [0.25, 0.3) is 5.69 Å². The minimum absolute atomic E-state index is 0.356. The van der Waals surface area contributed by atoms with Gasteiger partial charge in [-0.3, -0.25) is 0 Å². The molecule has 1 aromatic carbocycles. The fraction of sp³-hybridized carbons (Fsp3) is 0.250. The number of benzene rings is 1. The van der Waals surface area contributed by atoms with Gasteiger partial charge in [0.25, 0.3) is 0 Å². The second-order valence-electron chi connectivity index (χ2n) is 3.71. The molecule has 0 radical (unpaired) electrons. The Kier molecular flexibility index (Phi) is 3.60. The molecule has 0 amide bonds. The lowest BCUT2D eigenvalue weighted by Gasteiger charge is -2.11. The molecule has 0 aliphatic carbocycles. The first-order chi connectivity index (χ1) is 7.70. The molecule has 3 nitrogen and oxygen atoms in total. The smallest absolute Gasteiger partial charge is 0.0649 e. The van der Waals surface area contributed by atoms with Gasteiger partial charge in [0, 0.05) is 12.2 Å². The summed E-state index contributed by atoms with van der Waals surface area (Å²) in [4.78, 5) is 0. The van der Waals surface area contributed by atoms with Crippen molar-refractivity contribution in [3.63, 3.8) is 0 Å². The van der Waals surface area contributed by atoms with E-state index in [1.54, 1.807) is 0 Å². The quantitative estimate of drug-likeness (QED) is 0.879. The maximum absolute atomic E-state index is 4.30. The van der Waals surface area contributed by atoms with Crippen molar-refractivity contribution in [2.75, 3.05) is 7.05 Å². The zero-order valence-electron chi connectivity index (χ0n) is 9.31. The van der Waals surface area contributed by atoms with Gasteiger partial charge in [0.2, 0.25) is 0 Å². The number of aromatic nitrogens is 2. The lowest BCUT2D eigenvalue weighted by Crippen LogP contribution is -2.12. The normalized spacial score (nSPS) is 12.7. The fourth-order valence-electron chi connectivity index (χ4n) is 1.55. The second kappa shape index (κ2) is 4.97. The van der Waals surface area contributed by atoms with Crippen LogP contribution in [0.2, 0.25) is 0 Å². The van der Waals surface area contributed by atoms with E-state index >= 15 is 0 Å². The summed E-state index contributed by atoms with van der Waals surface area (Å²) in [5.74, 6) is 0. The van der Waals surface area contributed by atoms with Gasteiger partial charge in [0.15, 0.2) is 0 Å². The van der Waals surface area contributed by atoms with Crippen LogP contribution in [0.5, 0.6) is 0 Å². The van der Waals surface area contributed by atoms with E-state index in [4.69, 9.17) is 0 Å². The van der Waals surface area contributed by atoms with Gasteiger partial charge in [-0.25, -0.2) is 4.68 Å². The first-order valence-corrected chi connectivity index (χ1v) is 6.26. The van der Waals surface area contributed by atoms with Gasteiger partial charge in [-0.15, -0.1) is 0 Å². The van der Waals surface area contributed by atoms with Crippen LogP contribution in [0, 0.1) is 3.57 Å². The largest absolute Gasteiger partial charge is 0.313 e. The zero-order valence-corrected chi connectivity index (χ0v) is 11.5. The summed E-state index contributed by atoms with van der Waals surface area (Å²) in [6, 6.07) is 8.76. The summed E-state index contributed by atoms with van der Waals surface area (Å²) in [5, 5.41) is 7.54. The van der Waals surface area contributed by atoms with Crippen LogP contribution < -0.4 is 5.32 Å². The van der Waals surface area contributed by atoms with E-state index < -0.39 is 0 Å². The van der Waals surface area contributed by atoms with Crippen LogP contribution >= 0.6 is 22.6 Å². The summed E-state index contributed by atoms with van der Waals surface area (Å²) in [7, 11) is 1.97. The summed E-state index contributed by atoms with van der Waals surface area (Å²) in [6.07, 6.45) is 3.87. The van der Waals surface area contributed by atoms with Crippen molar-refractivity contribution in [3.05, 3.63) is 45.8 Å². The molecule has 1 N–H and O–H groups in total. The minimum Gasteiger partial charge on any atom is -0.313 e. The van der Waals surface area contributed by atoms with Crippen molar-refractivity contribution in [1.82, 2.24) is 15.1 Å². The van der Waals surface area contributed by atoms with Gasteiger partial charge in [0.1, 0.15) is 0 Å². The Bertz CT molecular complexity index is 479. The Balaban J connectivity index is 2.36. The Labute approximate surface area is 109 Å². The van der Waals surface area contributed by atoms with E-state index in [-0.39, 0.29) is 0 Å². The topological polar surface area (TPSA) is 29.9 Å². The van der Waals surface area contributed by atoms with Crippen molar-refractivity contribution >= 4 is 22.6 Å². The van der Waals surface area contributed by atoms with E-state index in [2.05, 4.69) is 64.2 Å². The average Bonchev–Trinajstić information content (AvgIpc) is 2.75. The lowest BCUT2D eigenvalue weighted by atomic mass is 10.1. The molecule has 0 saturated carbocycles. The minimum atomic E-state index is 0.356. The molecule has 0 bridgehead atoms. The molecule has 2 rings (SSSR count). The molecule has 1 unspecified atom stereocenters. The van der Waals surface area contributed by atoms with Crippen LogP contribution in [0.4, 0.5) is 0 Å². The summed E-state index contributed by atoms with van der Waals surface area (Å²) in [5.41, 5.74) is 2.37. The third-order valence-corrected chi connectivity index (χ3v) is 3.18. The van der Waals surface area contributed by atoms with Gasteiger partial charge >= 0.3 is 0 Å². The summed E-state index contributed by atoms with van der Waals surface area (Å²) in [6.45, 7) is 2.14. The van der Waals surface area contributed by atoms with E-state index in [1.165, 1.54) is 5.56 Å². The number of nitrogens with zero attached hydrogens (tertiary/aromatic N) is 2.